The van der Waals surface area contributed by atoms with Gasteiger partial charge >= 0.3 is 6.03 Å². The first-order valence-corrected chi connectivity index (χ1v) is 5.33. The summed E-state index contributed by atoms with van der Waals surface area (Å²) in [7, 11) is 0. The fraction of sp³-hybridized carbons (Fsp3) is 0.636. The summed E-state index contributed by atoms with van der Waals surface area (Å²) in [5.74, 6) is 2.88. The molecule has 86 valence electrons. The lowest BCUT2D eigenvalue weighted by Crippen LogP contribution is -2.61. The Labute approximate surface area is 94.6 Å². The number of hydrogen-bond acceptors (Lipinski definition) is 3. The summed E-state index contributed by atoms with van der Waals surface area (Å²) in [6.07, 6.45) is 7.00. The lowest BCUT2D eigenvalue weighted by Gasteiger charge is -2.41. The molecule has 0 radical (unpaired) electrons. The highest BCUT2D eigenvalue weighted by Gasteiger charge is 2.51. The van der Waals surface area contributed by atoms with E-state index in [0.29, 0.717) is 19.0 Å². The molecule has 0 aromatic carbocycles. The van der Waals surface area contributed by atoms with Gasteiger partial charge in [-0.1, -0.05) is 5.92 Å². The van der Waals surface area contributed by atoms with E-state index in [1.165, 1.54) is 0 Å². The van der Waals surface area contributed by atoms with Gasteiger partial charge in [-0.05, 0) is 19.8 Å². The van der Waals surface area contributed by atoms with Gasteiger partial charge in [0.2, 0.25) is 0 Å². The van der Waals surface area contributed by atoms with Crippen LogP contribution in [-0.4, -0.2) is 41.6 Å². The van der Waals surface area contributed by atoms with E-state index in [-0.39, 0.29) is 12.1 Å². The van der Waals surface area contributed by atoms with Crippen molar-refractivity contribution in [2.24, 2.45) is 10.7 Å². The largest absolute Gasteiger partial charge is 0.385 e. The molecule has 5 heteroatoms. The van der Waals surface area contributed by atoms with Crippen molar-refractivity contribution in [3.05, 3.63) is 0 Å². The fourth-order valence-corrected chi connectivity index (χ4v) is 2.35. The zero-order valence-corrected chi connectivity index (χ0v) is 9.27. The molecule has 0 aromatic rings. The summed E-state index contributed by atoms with van der Waals surface area (Å²) in [4.78, 5) is 17.2. The molecule has 2 aliphatic heterocycles. The third-order valence-corrected chi connectivity index (χ3v) is 3.21. The minimum atomic E-state index is -0.610. The van der Waals surface area contributed by atoms with E-state index in [2.05, 4.69) is 10.9 Å². The van der Waals surface area contributed by atoms with Gasteiger partial charge in [0.25, 0.3) is 0 Å². The molecule has 0 aromatic heterocycles. The number of ether oxygens (including phenoxy) is 1. The Bertz CT molecular complexity index is 377. The zero-order valence-electron chi connectivity index (χ0n) is 9.27. The van der Waals surface area contributed by atoms with Crippen molar-refractivity contribution in [1.29, 1.82) is 0 Å². The van der Waals surface area contributed by atoms with Crippen molar-refractivity contribution in [1.82, 2.24) is 4.90 Å². The summed E-state index contributed by atoms with van der Waals surface area (Å²) in [5.41, 5.74) is 5.25. The first kappa shape index (κ1) is 11.0. The SMILES string of the molecule is C#CC(C)N1C(=O)N=C(N)C12CCCOC2. The van der Waals surface area contributed by atoms with Crippen molar-refractivity contribution >= 4 is 11.9 Å². The molecule has 2 atom stereocenters. The van der Waals surface area contributed by atoms with Gasteiger partial charge in [0, 0.05) is 6.61 Å². The van der Waals surface area contributed by atoms with Gasteiger partial charge in [0.15, 0.2) is 0 Å². The van der Waals surface area contributed by atoms with Crippen molar-refractivity contribution in [3.63, 3.8) is 0 Å². The smallest absolute Gasteiger partial charge is 0.347 e. The van der Waals surface area contributed by atoms with Gasteiger partial charge < -0.3 is 10.5 Å². The highest BCUT2D eigenvalue weighted by molar-refractivity contribution is 6.06. The molecule has 2 rings (SSSR count). The number of amidine groups is 1. The average molecular weight is 221 g/mol. The molecule has 2 unspecified atom stereocenters. The average Bonchev–Trinajstić information content (AvgIpc) is 2.51. The normalized spacial score (nSPS) is 31.4. The van der Waals surface area contributed by atoms with Crippen LogP contribution in [0.5, 0.6) is 0 Å². The van der Waals surface area contributed by atoms with E-state index in [0.717, 1.165) is 12.8 Å². The Hall–Kier alpha value is -1.54. The van der Waals surface area contributed by atoms with E-state index < -0.39 is 5.54 Å². The van der Waals surface area contributed by atoms with E-state index in [9.17, 15) is 4.79 Å². The number of carbonyl (C=O) groups is 1. The van der Waals surface area contributed by atoms with Gasteiger partial charge in [-0.15, -0.1) is 6.42 Å². The van der Waals surface area contributed by atoms with Gasteiger partial charge in [0.1, 0.15) is 11.4 Å². The number of nitrogens with zero attached hydrogens (tertiary/aromatic N) is 2. The molecule has 1 fully saturated rings. The second kappa shape index (κ2) is 3.80. The predicted molar refractivity (Wildman–Crippen MR) is 59.9 cm³/mol. The second-order valence-electron chi connectivity index (χ2n) is 4.18. The summed E-state index contributed by atoms with van der Waals surface area (Å²) in [6, 6.07) is -0.674. The van der Waals surface area contributed by atoms with E-state index in [4.69, 9.17) is 16.9 Å². The molecule has 2 N–H and O–H groups in total. The molecule has 16 heavy (non-hydrogen) atoms. The summed E-state index contributed by atoms with van der Waals surface area (Å²) in [5, 5.41) is 0. The molecule has 2 heterocycles. The second-order valence-corrected chi connectivity index (χ2v) is 4.18. The lowest BCUT2D eigenvalue weighted by molar-refractivity contribution is 0.00479. The summed E-state index contributed by atoms with van der Waals surface area (Å²) in [6.45, 7) is 2.88. The Kier molecular flexibility index (Phi) is 2.60. The van der Waals surface area contributed by atoms with Crippen molar-refractivity contribution in [3.8, 4) is 12.3 Å². The van der Waals surface area contributed by atoms with E-state index in [1.807, 2.05) is 0 Å². The number of nitrogens with two attached hydrogens (primary N) is 1. The van der Waals surface area contributed by atoms with Crippen LogP contribution in [0.4, 0.5) is 4.79 Å². The van der Waals surface area contributed by atoms with Crippen LogP contribution < -0.4 is 5.73 Å². The first-order chi connectivity index (χ1) is 7.62. The molecule has 1 spiro atoms. The van der Waals surface area contributed by atoms with Gasteiger partial charge in [-0.3, -0.25) is 4.90 Å². The predicted octanol–water partition coefficient (Wildman–Crippen LogP) is 0.350. The molecular formula is C11H15N3O2. The zero-order chi connectivity index (χ0) is 11.8. The van der Waals surface area contributed by atoms with Crippen LogP contribution >= 0.6 is 0 Å². The Morgan fingerprint density at radius 3 is 3.06 bits per heavy atom. The molecule has 5 nitrogen and oxygen atoms in total. The van der Waals surface area contributed by atoms with Crippen molar-refractivity contribution in [2.75, 3.05) is 13.2 Å². The maximum Gasteiger partial charge on any atom is 0.347 e. The number of urea groups is 1. The molecule has 2 aliphatic rings. The first-order valence-electron chi connectivity index (χ1n) is 5.33. The van der Waals surface area contributed by atoms with Gasteiger partial charge in [0.05, 0.1) is 12.6 Å². The Morgan fingerprint density at radius 2 is 2.50 bits per heavy atom. The monoisotopic (exact) mass is 221 g/mol. The van der Waals surface area contributed by atoms with Crippen LogP contribution in [0.1, 0.15) is 19.8 Å². The topological polar surface area (TPSA) is 67.9 Å². The summed E-state index contributed by atoms with van der Waals surface area (Å²) < 4.78 is 5.43. The minimum Gasteiger partial charge on any atom is -0.385 e. The van der Waals surface area contributed by atoms with Crippen molar-refractivity contribution in [2.45, 2.75) is 31.3 Å². The number of rotatable bonds is 1. The molecule has 2 amide bonds. The Balaban J connectivity index is 2.36. The number of hydrogen-bond donors (Lipinski definition) is 1. The minimum absolute atomic E-state index is 0.320. The highest BCUT2D eigenvalue weighted by atomic mass is 16.5. The third-order valence-electron chi connectivity index (χ3n) is 3.21. The van der Waals surface area contributed by atoms with Crippen LogP contribution in [0.15, 0.2) is 4.99 Å². The van der Waals surface area contributed by atoms with E-state index >= 15 is 0 Å². The maximum absolute atomic E-state index is 11.8. The van der Waals surface area contributed by atoms with Crippen LogP contribution in [0, 0.1) is 12.3 Å². The van der Waals surface area contributed by atoms with Gasteiger partial charge in [-0.25, -0.2) is 4.79 Å². The lowest BCUT2D eigenvalue weighted by atomic mass is 9.89. The third kappa shape index (κ3) is 1.38. The number of aliphatic imine (C=N–C) groups is 1. The Morgan fingerprint density at radius 1 is 1.75 bits per heavy atom. The number of carbonyl (C=O) groups excluding carboxylic acids is 1. The standard InChI is InChI=1S/C11H15N3O2/c1-3-8(2)14-10(15)13-9(12)11(14)5-4-6-16-7-11/h1,8H,4-7H2,2H3,(H2,12,13,15). The van der Waals surface area contributed by atoms with Crippen LogP contribution in [0.2, 0.25) is 0 Å². The van der Waals surface area contributed by atoms with Gasteiger partial charge in [-0.2, -0.15) is 4.99 Å². The van der Waals surface area contributed by atoms with Crippen molar-refractivity contribution < 1.29 is 9.53 Å². The molecule has 1 saturated heterocycles. The fourth-order valence-electron chi connectivity index (χ4n) is 2.35. The molecule has 0 saturated carbocycles. The van der Waals surface area contributed by atoms with Crippen LogP contribution in [0.3, 0.4) is 0 Å². The number of terminal acetylenes is 1. The molecule has 0 bridgehead atoms. The number of amides is 2. The highest BCUT2D eigenvalue weighted by Crippen LogP contribution is 2.33. The molecular weight excluding hydrogens is 206 g/mol. The van der Waals surface area contributed by atoms with E-state index in [1.54, 1.807) is 11.8 Å². The summed E-state index contributed by atoms with van der Waals surface area (Å²) >= 11 is 0. The van der Waals surface area contributed by atoms with Crippen LogP contribution in [0.25, 0.3) is 0 Å². The quantitative estimate of drug-likeness (QED) is 0.650. The van der Waals surface area contributed by atoms with Crippen LogP contribution in [-0.2, 0) is 4.74 Å². The molecule has 0 aliphatic carbocycles. The maximum atomic E-state index is 11.8.